The molecule has 1 N–H and O–H groups in total. The summed E-state index contributed by atoms with van der Waals surface area (Å²) in [6.45, 7) is 0.719. The number of hydrogen-bond acceptors (Lipinski definition) is 5. The molecule has 0 radical (unpaired) electrons. The zero-order chi connectivity index (χ0) is 30.9. The van der Waals surface area contributed by atoms with Gasteiger partial charge in [-0.05, 0) is 53.3 Å². The van der Waals surface area contributed by atoms with Crippen LogP contribution in [0.25, 0.3) is 0 Å². The van der Waals surface area contributed by atoms with Crippen molar-refractivity contribution >= 4 is 40.8 Å². The van der Waals surface area contributed by atoms with Gasteiger partial charge in [0.1, 0.15) is 23.4 Å². The number of hydrogen-bond donors (Lipinski definition) is 1. The topological polar surface area (TPSA) is 67.9 Å². The number of esters is 1. The first kappa shape index (κ1) is 28.7. The second kappa shape index (κ2) is 10.7. The van der Waals surface area contributed by atoms with Crippen molar-refractivity contribution < 1.29 is 23.5 Å². The summed E-state index contributed by atoms with van der Waals surface area (Å²) in [5.41, 5.74) is 0.779. The van der Waals surface area contributed by atoms with E-state index in [9.17, 15) is 9.59 Å². The first-order valence-electron chi connectivity index (χ1n) is 15.1. The van der Waals surface area contributed by atoms with Gasteiger partial charge in [0.25, 0.3) is 0 Å². The van der Waals surface area contributed by atoms with Crippen LogP contribution in [0.5, 0.6) is 0 Å². The average Bonchev–Trinajstić information content (AvgIpc) is 3.49. The fraction of sp³-hybridized carbons (Fsp3) is 0.278. The van der Waals surface area contributed by atoms with E-state index in [1.165, 1.54) is 6.07 Å². The second-order valence-electron chi connectivity index (χ2n) is 12.2. The van der Waals surface area contributed by atoms with Crippen LogP contribution in [0, 0.1) is 5.82 Å². The molecule has 9 heteroatoms. The van der Waals surface area contributed by atoms with E-state index in [0.29, 0.717) is 42.3 Å². The van der Waals surface area contributed by atoms with Gasteiger partial charge in [0, 0.05) is 35.4 Å². The third-order valence-corrected chi connectivity index (χ3v) is 10.8. The van der Waals surface area contributed by atoms with Gasteiger partial charge in [0.05, 0.1) is 11.1 Å². The summed E-state index contributed by atoms with van der Waals surface area (Å²) in [5.74, 6) is -2.46. The van der Waals surface area contributed by atoms with E-state index in [4.69, 9.17) is 32.7 Å². The minimum atomic E-state index is -1.41. The lowest BCUT2D eigenvalue weighted by Gasteiger charge is -2.54. The van der Waals surface area contributed by atoms with Gasteiger partial charge >= 0.3 is 5.97 Å². The lowest BCUT2D eigenvalue weighted by molar-refractivity contribution is -0.185. The summed E-state index contributed by atoms with van der Waals surface area (Å²) in [6.07, 6.45) is 0.164. The number of rotatable bonds is 3. The van der Waals surface area contributed by atoms with Crippen molar-refractivity contribution in [2.75, 3.05) is 18.5 Å². The quantitative estimate of drug-likeness (QED) is 0.236. The third-order valence-electron chi connectivity index (χ3n) is 10.3. The zero-order valence-corrected chi connectivity index (χ0v) is 25.6. The van der Waals surface area contributed by atoms with E-state index < -0.39 is 46.8 Å². The molecule has 228 valence electrons. The lowest BCUT2D eigenvalue weighted by atomic mass is 9.56. The van der Waals surface area contributed by atoms with Gasteiger partial charge in [-0.25, -0.2) is 4.39 Å². The Labute approximate surface area is 270 Å². The maximum atomic E-state index is 16.4. The minimum Gasteiger partial charge on any atom is -0.454 e. The fourth-order valence-corrected chi connectivity index (χ4v) is 9.09. The maximum absolute atomic E-state index is 16.4. The fourth-order valence-electron chi connectivity index (χ4n) is 8.73. The molecule has 3 saturated heterocycles. The molecule has 2 spiro atoms. The molecule has 4 aromatic rings. The number of carbonyl (C=O) groups excluding carboxylic acids is 2. The van der Waals surface area contributed by atoms with Crippen LogP contribution in [0.15, 0.2) is 97.1 Å². The van der Waals surface area contributed by atoms with E-state index >= 15 is 4.39 Å². The largest absolute Gasteiger partial charge is 0.454 e. The Balaban J connectivity index is 1.49. The van der Waals surface area contributed by atoms with Gasteiger partial charge in [-0.2, -0.15) is 0 Å². The second-order valence-corrected chi connectivity index (χ2v) is 13.0. The number of amides is 1. The molecule has 8 rings (SSSR count). The van der Waals surface area contributed by atoms with E-state index in [1.54, 1.807) is 24.3 Å². The summed E-state index contributed by atoms with van der Waals surface area (Å²) in [6, 6.07) is 28.1. The maximum Gasteiger partial charge on any atom is 0.324 e. The smallest absolute Gasteiger partial charge is 0.324 e. The number of nitrogens with one attached hydrogen (secondary N) is 1. The first-order chi connectivity index (χ1) is 21.9. The molecular formula is C36H29Cl2FN2O4. The molecule has 6 nitrogen and oxygen atoms in total. The Kier molecular flexibility index (Phi) is 6.80. The van der Waals surface area contributed by atoms with Crippen molar-refractivity contribution in [3.8, 4) is 0 Å². The molecular weight excluding hydrogens is 614 g/mol. The number of anilines is 1. The molecule has 45 heavy (non-hydrogen) atoms. The van der Waals surface area contributed by atoms with Crippen molar-refractivity contribution in [2.45, 2.75) is 47.9 Å². The molecule has 5 atom stereocenters. The first-order valence-corrected chi connectivity index (χ1v) is 15.9. The molecule has 4 aromatic carbocycles. The molecule has 4 heterocycles. The number of cyclic esters (lactones) is 1. The normalized spacial score (nSPS) is 28.5. The van der Waals surface area contributed by atoms with Gasteiger partial charge in [-0.15, -0.1) is 0 Å². The van der Waals surface area contributed by atoms with Gasteiger partial charge in [0.15, 0.2) is 0 Å². The molecule has 4 aliphatic rings. The minimum absolute atomic E-state index is 0.0807. The highest BCUT2D eigenvalue weighted by Crippen LogP contribution is 2.69. The highest BCUT2D eigenvalue weighted by atomic mass is 35.5. The summed E-state index contributed by atoms with van der Waals surface area (Å²) >= 11 is 12.9. The van der Waals surface area contributed by atoms with Crippen LogP contribution in [0.1, 0.15) is 53.2 Å². The van der Waals surface area contributed by atoms with Crippen LogP contribution in [0.2, 0.25) is 10.0 Å². The Morgan fingerprint density at radius 1 is 0.822 bits per heavy atom. The summed E-state index contributed by atoms with van der Waals surface area (Å²) in [5, 5.41) is 3.48. The molecule has 0 bridgehead atoms. The Bertz CT molecular complexity index is 1820. The average molecular weight is 644 g/mol. The zero-order valence-electron chi connectivity index (χ0n) is 24.1. The van der Waals surface area contributed by atoms with Gasteiger partial charge in [0.2, 0.25) is 5.91 Å². The SMILES string of the molecule is O=C1O[C@@H](c2ccccc2)[C@@H](c2ccccc2)N2[C@@H]1[C@H](c1cccc(Cl)c1F)[C@]1(C(=O)Nc3cc(Cl)ccc31)C21CCOCC1. The summed E-state index contributed by atoms with van der Waals surface area (Å²) in [4.78, 5) is 31.8. The molecule has 0 aliphatic carbocycles. The summed E-state index contributed by atoms with van der Waals surface area (Å²) < 4.78 is 28.8. The van der Waals surface area contributed by atoms with Crippen LogP contribution >= 0.6 is 23.2 Å². The van der Waals surface area contributed by atoms with Gasteiger partial charge in [-0.3, -0.25) is 14.5 Å². The Hall–Kier alpha value is -3.75. The van der Waals surface area contributed by atoms with Crippen molar-refractivity contribution in [1.82, 2.24) is 4.90 Å². The van der Waals surface area contributed by atoms with E-state index in [1.807, 2.05) is 66.7 Å². The van der Waals surface area contributed by atoms with Crippen molar-refractivity contribution in [3.63, 3.8) is 0 Å². The number of benzene rings is 4. The highest BCUT2D eigenvalue weighted by molar-refractivity contribution is 6.31. The van der Waals surface area contributed by atoms with Crippen LogP contribution in [-0.4, -0.2) is 41.6 Å². The summed E-state index contributed by atoms with van der Waals surface area (Å²) in [7, 11) is 0. The number of fused-ring (bicyclic) bond motifs is 5. The van der Waals surface area contributed by atoms with Crippen LogP contribution in [0.4, 0.5) is 10.1 Å². The van der Waals surface area contributed by atoms with Crippen molar-refractivity contribution in [3.05, 3.63) is 135 Å². The molecule has 4 aliphatic heterocycles. The highest BCUT2D eigenvalue weighted by Gasteiger charge is 2.78. The van der Waals surface area contributed by atoms with E-state index in [0.717, 1.165) is 11.1 Å². The van der Waals surface area contributed by atoms with Crippen LogP contribution in [0.3, 0.4) is 0 Å². The van der Waals surface area contributed by atoms with Crippen LogP contribution < -0.4 is 5.32 Å². The molecule has 0 saturated carbocycles. The van der Waals surface area contributed by atoms with Crippen molar-refractivity contribution in [2.24, 2.45) is 0 Å². The van der Waals surface area contributed by atoms with Gasteiger partial charge < -0.3 is 14.8 Å². The predicted octanol–water partition coefficient (Wildman–Crippen LogP) is 7.38. The molecule has 0 aromatic heterocycles. The number of morpholine rings is 1. The Morgan fingerprint density at radius 2 is 1.51 bits per heavy atom. The van der Waals surface area contributed by atoms with Gasteiger partial charge in [-0.1, -0.05) is 102 Å². The number of halogens is 3. The number of nitrogens with zero attached hydrogens (tertiary/aromatic N) is 1. The lowest BCUT2D eigenvalue weighted by Crippen LogP contribution is -2.65. The standard InChI is InChI=1S/C36H29Cl2FN2O4/c37-23-14-15-25-27(20-23)40-34(43)36(25)28(24-12-7-13-26(38)29(24)39)31-33(42)45-32(22-10-5-2-6-11-22)30(21-8-3-1-4-9-21)41(31)35(36)16-18-44-19-17-35/h1-15,20,28,30-32H,16-19H2,(H,40,43)/t28-,30+,31+,32-,36+/m0/s1. The number of ether oxygens (including phenoxy) is 2. The van der Waals surface area contributed by atoms with E-state index in [-0.39, 0.29) is 16.5 Å². The van der Waals surface area contributed by atoms with E-state index in [2.05, 4.69) is 10.2 Å². The predicted molar refractivity (Wildman–Crippen MR) is 169 cm³/mol. The molecule has 3 fully saturated rings. The van der Waals surface area contributed by atoms with Crippen molar-refractivity contribution in [1.29, 1.82) is 0 Å². The molecule has 0 unspecified atom stereocenters. The third kappa shape index (κ3) is 3.94. The Morgan fingerprint density at radius 3 is 2.22 bits per heavy atom. The number of carbonyl (C=O) groups is 2. The van der Waals surface area contributed by atoms with Crippen LogP contribution in [-0.2, 0) is 24.5 Å². The molecule has 1 amide bonds. The monoisotopic (exact) mass is 642 g/mol.